The summed E-state index contributed by atoms with van der Waals surface area (Å²) in [5, 5.41) is 10.5. The van der Waals surface area contributed by atoms with Gasteiger partial charge in [-0.25, -0.2) is 4.98 Å². The third kappa shape index (κ3) is 4.01. The molecule has 2 N–H and O–H groups in total. The SMILES string of the molecule is Cc1cc(C)n(C[C@H](C)C(=O)Nc2ccccc2[C@@H]2NC(=O)c3cccnc3N2C)n1. The largest absolute Gasteiger partial charge is 0.335 e. The number of rotatable bonds is 5. The Hall–Kier alpha value is -3.68. The van der Waals surface area contributed by atoms with Gasteiger partial charge in [-0.2, -0.15) is 5.10 Å². The van der Waals surface area contributed by atoms with E-state index in [4.69, 9.17) is 0 Å². The number of aryl methyl sites for hydroxylation is 2. The number of carbonyl (C=O) groups excluding carboxylic acids is 2. The fourth-order valence-corrected chi connectivity index (χ4v) is 3.87. The monoisotopic (exact) mass is 418 g/mol. The van der Waals surface area contributed by atoms with Crippen molar-refractivity contribution in [3.8, 4) is 0 Å². The van der Waals surface area contributed by atoms with Crippen LogP contribution in [0.25, 0.3) is 0 Å². The Morgan fingerprint density at radius 1 is 1.23 bits per heavy atom. The number of nitrogens with one attached hydrogen (secondary N) is 2. The number of fused-ring (bicyclic) bond motifs is 1. The molecule has 0 bridgehead atoms. The molecule has 1 aromatic carbocycles. The van der Waals surface area contributed by atoms with Gasteiger partial charge in [-0.1, -0.05) is 25.1 Å². The number of benzene rings is 1. The minimum absolute atomic E-state index is 0.108. The third-order valence-electron chi connectivity index (χ3n) is 5.53. The summed E-state index contributed by atoms with van der Waals surface area (Å²) in [6.45, 7) is 6.29. The highest BCUT2D eigenvalue weighted by atomic mass is 16.2. The van der Waals surface area contributed by atoms with Gasteiger partial charge in [0.1, 0.15) is 12.0 Å². The van der Waals surface area contributed by atoms with Crippen LogP contribution in [0.15, 0.2) is 48.7 Å². The molecule has 1 aliphatic heterocycles. The van der Waals surface area contributed by atoms with E-state index in [2.05, 4.69) is 20.7 Å². The zero-order valence-corrected chi connectivity index (χ0v) is 18.1. The molecule has 2 aromatic heterocycles. The van der Waals surface area contributed by atoms with Crippen LogP contribution in [0, 0.1) is 19.8 Å². The molecule has 3 heterocycles. The third-order valence-corrected chi connectivity index (χ3v) is 5.53. The van der Waals surface area contributed by atoms with E-state index in [1.54, 1.807) is 18.3 Å². The minimum Gasteiger partial charge on any atom is -0.335 e. The second-order valence-corrected chi connectivity index (χ2v) is 7.95. The van der Waals surface area contributed by atoms with Gasteiger partial charge in [-0.15, -0.1) is 0 Å². The fourth-order valence-electron chi connectivity index (χ4n) is 3.87. The first kappa shape index (κ1) is 20.6. The molecule has 2 amide bonds. The Bertz CT molecular complexity index is 1140. The molecule has 0 fully saturated rings. The van der Waals surface area contributed by atoms with Crippen LogP contribution in [0.4, 0.5) is 11.5 Å². The number of aromatic nitrogens is 3. The van der Waals surface area contributed by atoms with E-state index in [0.717, 1.165) is 17.0 Å². The maximum atomic E-state index is 12.9. The zero-order chi connectivity index (χ0) is 22.1. The van der Waals surface area contributed by atoms with E-state index in [1.165, 1.54) is 0 Å². The highest BCUT2D eigenvalue weighted by Crippen LogP contribution is 2.33. The molecular formula is C23H26N6O2. The van der Waals surface area contributed by atoms with Gasteiger partial charge < -0.3 is 15.5 Å². The van der Waals surface area contributed by atoms with Crippen molar-refractivity contribution in [3.05, 3.63) is 71.2 Å². The maximum absolute atomic E-state index is 12.9. The molecule has 0 aliphatic carbocycles. The molecule has 3 aromatic rings. The summed E-state index contributed by atoms with van der Waals surface area (Å²) in [5.41, 5.74) is 3.93. The molecule has 0 radical (unpaired) electrons. The Morgan fingerprint density at radius 3 is 2.74 bits per heavy atom. The summed E-state index contributed by atoms with van der Waals surface area (Å²) < 4.78 is 1.85. The van der Waals surface area contributed by atoms with Gasteiger partial charge in [0.2, 0.25) is 5.91 Å². The first-order valence-corrected chi connectivity index (χ1v) is 10.2. The topological polar surface area (TPSA) is 92.2 Å². The standard InChI is InChI=1S/C23H26N6O2/c1-14(13-29-16(3)12-15(2)27-29)22(30)25-19-10-6-5-8-17(19)21-26-23(31)18-9-7-11-24-20(18)28(21)4/h5-12,14,21H,13H2,1-4H3,(H,25,30)(H,26,31)/t14-,21+/m0/s1. The second kappa shape index (κ2) is 8.22. The van der Waals surface area contributed by atoms with Crippen LogP contribution in [0.5, 0.6) is 0 Å². The van der Waals surface area contributed by atoms with E-state index >= 15 is 0 Å². The van der Waals surface area contributed by atoms with Gasteiger partial charge in [-0.3, -0.25) is 14.3 Å². The fraction of sp³-hybridized carbons (Fsp3) is 0.304. The summed E-state index contributed by atoms with van der Waals surface area (Å²) in [6.07, 6.45) is 1.22. The Morgan fingerprint density at radius 2 is 2.00 bits per heavy atom. The summed E-state index contributed by atoms with van der Waals surface area (Å²) in [7, 11) is 1.87. The maximum Gasteiger partial charge on any atom is 0.256 e. The summed E-state index contributed by atoms with van der Waals surface area (Å²) in [5.74, 6) is 0.0240. The summed E-state index contributed by atoms with van der Waals surface area (Å²) in [4.78, 5) is 31.8. The van der Waals surface area contributed by atoms with Crippen molar-refractivity contribution < 1.29 is 9.59 Å². The first-order chi connectivity index (χ1) is 14.8. The Kier molecular flexibility index (Phi) is 5.46. The van der Waals surface area contributed by atoms with Crippen molar-refractivity contribution in [2.75, 3.05) is 17.3 Å². The van der Waals surface area contributed by atoms with Crippen LogP contribution in [-0.4, -0.2) is 33.6 Å². The molecular weight excluding hydrogens is 392 g/mol. The number of hydrogen-bond donors (Lipinski definition) is 2. The van der Waals surface area contributed by atoms with Crippen LogP contribution in [-0.2, 0) is 11.3 Å². The number of para-hydroxylation sites is 1. The van der Waals surface area contributed by atoms with Crippen molar-refractivity contribution in [1.82, 2.24) is 20.1 Å². The molecule has 2 atom stereocenters. The smallest absolute Gasteiger partial charge is 0.256 e. The quantitative estimate of drug-likeness (QED) is 0.664. The van der Waals surface area contributed by atoms with E-state index < -0.39 is 6.17 Å². The number of anilines is 2. The number of hydrogen-bond acceptors (Lipinski definition) is 5. The number of pyridine rings is 1. The molecule has 160 valence electrons. The van der Waals surface area contributed by atoms with Gasteiger partial charge >= 0.3 is 0 Å². The second-order valence-electron chi connectivity index (χ2n) is 7.95. The van der Waals surface area contributed by atoms with Gasteiger partial charge in [0.25, 0.3) is 5.91 Å². The van der Waals surface area contributed by atoms with E-state index in [-0.39, 0.29) is 17.7 Å². The average Bonchev–Trinajstić information content (AvgIpc) is 3.07. The lowest BCUT2D eigenvalue weighted by molar-refractivity contribution is -0.119. The van der Waals surface area contributed by atoms with Crippen LogP contribution in [0.3, 0.4) is 0 Å². The van der Waals surface area contributed by atoms with Gasteiger partial charge in [0.15, 0.2) is 0 Å². The van der Waals surface area contributed by atoms with E-state index in [0.29, 0.717) is 23.6 Å². The average molecular weight is 419 g/mol. The van der Waals surface area contributed by atoms with Crippen LogP contribution in [0.2, 0.25) is 0 Å². The summed E-state index contributed by atoms with van der Waals surface area (Å²) >= 11 is 0. The van der Waals surface area contributed by atoms with Gasteiger partial charge in [0, 0.05) is 30.2 Å². The first-order valence-electron chi connectivity index (χ1n) is 10.2. The minimum atomic E-state index is -0.447. The zero-order valence-electron chi connectivity index (χ0n) is 18.1. The number of amides is 2. The van der Waals surface area contributed by atoms with Crippen molar-refractivity contribution in [2.45, 2.75) is 33.5 Å². The van der Waals surface area contributed by atoms with Crippen LogP contribution in [0.1, 0.15) is 40.4 Å². The molecule has 1 aliphatic rings. The number of carbonyl (C=O) groups is 2. The van der Waals surface area contributed by atoms with Crippen LogP contribution < -0.4 is 15.5 Å². The van der Waals surface area contributed by atoms with Crippen molar-refractivity contribution in [1.29, 1.82) is 0 Å². The molecule has 8 nitrogen and oxygen atoms in total. The highest BCUT2D eigenvalue weighted by Gasteiger charge is 2.32. The number of nitrogens with zero attached hydrogens (tertiary/aromatic N) is 4. The lowest BCUT2D eigenvalue weighted by Gasteiger charge is -2.36. The lowest BCUT2D eigenvalue weighted by atomic mass is 10.0. The summed E-state index contributed by atoms with van der Waals surface area (Å²) in [6, 6.07) is 13.0. The normalized spacial score (nSPS) is 16.5. The van der Waals surface area contributed by atoms with Gasteiger partial charge in [-0.05, 0) is 38.1 Å². The Balaban J connectivity index is 1.56. The van der Waals surface area contributed by atoms with Crippen molar-refractivity contribution in [2.24, 2.45) is 5.92 Å². The molecule has 4 rings (SSSR count). The molecule has 0 unspecified atom stereocenters. The van der Waals surface area contributed by atoms with E-state index in [9.17, 15) is 9.59 Å². The van der Waals surface area contributed by atoms with Crippen LogP contribution >= 0.6 is 0 Å². The lowest BCUT2D eigenvalue weighted by Crippen LogP contribution is -2.45. The predicted molar refractivity (Wildman–Crippen MR) is 119 cm³/mol. The van der Waals surface area contributed by atoms with Crippen molar-refractivity contribution in [3.63, 3.8) is 0 Å². The molecule has 8 heteroatoms. The van der Waals surface area contributed by atoms with E-state index in [1.807, 2.05) is 67.7 Å². The van der Waals surface area contributed by atoms with Gasteiger partial charge in [0.05, 0.1) is 23.7 Å². The highest BCUT2D eigenvalue weighted by molar-refractivity contribution is 6.01. The Labute approximate surface area is 181 Å². The molecule has 31 heavy (non-hydrogen) atoms. The molecule has 0 saturated heterocycles. The molecule has 0 saturated carbocycles. The predicted octanol–water partition coefficient (Wildman–Crippen LogP) is 3.05. The molecule has 0 spiro atoms. The van der Waals surface area contributed by atoms with Crippen molar-refractivity contribution >= 4 is 23.3 Å².